The van der Waals surface area contributed by atoms with E-state index in [2.05, 4.69) is 0 Å². The summed E-state index contributed by atoms with van der Waals surface area (Å²) >= 11 is 0. The first-order chi connectivity index (χ1) is 8.77. The molecular formula is C3H4B3F12LiNO2-3. The second-order valence-corrected chi connectivity index (χ2v) is 2.21. The van der Waals surface area contributed by atoms with Gasteiger partial charge in [-0.1, -0.05) is 0 Å². The minimum absolute atomic E-state index is 0. The number of rotatable bonds is 1. The van der Waals surface area contributed by atoms with Gasteiger partial charge in [-0.25, -0.2) is 0 Å². The molecule has 19 heteroatoms. The summed E-state index contributed by atoms with van der Waals surface area (Å²) in [6, 6.07) is 1.47. The quantitative estimate of drug-likeness (QED) is 0.565. The molecular weight excluding hydrogens is 349 g/mol. The van der Waals surface area contributed by atoms with Crippen LogP contribution in [0.2, 0.25) is 0 Å². The van der Waals surface area contributed by atoms with Gasteiger partial charge in [-0.2, -0.15) is 5.26 Å². The summed E-state index contributed by atoms with van der Waals surface area (Å²) in [5.41, 5.74) is 0. The average Bonchev–Trinajstić information content (AvgIpc) is 1.91. The van der Waals surface area contributed by atoms with Gasteiger partial charge in [-0.15, -0.1) is 0 Å². The largest absolute Gasteiger partial charge is 1.00 e. The molecule has 0 radical (unpaired) electrons. The molecule has 1 N–H and O–H groups in total. The smallest absolute Gasteiger partial charge is 1.00 e. The summed E-state index contributed by atoms with van der Waals surface area (Å²) in [4.78, 5) is 9.38. The van der Waals surface area contributed by atoms with Crippen molar-refractivity contribution in [1.29, 1.82) is 5.26 Å². The van der Waals surface area contributed by atoms with Crippen LogP contribution in [0.5, 0.6) is 0 Å². The number of carboxylic acids is 1. The number of hydrogen-bond donors (Lipinski definition) is 1. The molecule has 0 spiro atoms. The molecule has 0 aliphatic carbocycles. The zero-order valence-electron chi connectivity index (χ0n) is 11.3. The molecule has 0 aliphatic rings. The van der Waals surface area contributed by atoms with E-state index < -0.39 is 34.2 Å². The molecule has 0 amide bonds. The molecule has 0 unspecified atom stereocenters. The summed E-state index contributed by atoms with van der Waals surface area (Å²) in [5.74, 6) is -1.07. The van der Waals surface area contributed by atoms with E-state index >= 15 is 0 Å². The fourth-order valence-corrected chi connectivity index (χ4v) is 0.0676. The standard InChI is InChI=1S/C3H3NO2.3BF4.Li.H/c4-2-1-3(5)6;3*2-1(3,4)5;;/h1H2,(H,5,6);;;;;/q;3*-1;+1;-1. The van der Waals surface area contributed by atoms with Crippen LogP contribution in [0.4, 0.5) is 51.8 Å². The third-order valence-corrected chi connectivity index (χ3v) is 0.230. The van der Waals surface area contributed by atoms with Crippen molar-refractivity contribution in [2.75, 3.05) is 0 Å². The topological polar surface area (TPSA) is 61.1 Å². The van der Waals surface area contributed by atoms with E-state index in [1.807, 2.05) is 0 Å². The zero-order chi connectivity index (χ0) is 18.5. The summed E-state index contributed by atoms with van der Waals surface area (Å²) in [7, 11) is -18.0. The van der Waals surface area contributed by atoms with Crippen LogP contribution >= 0.6 is 0 Å². The van der Waals surface area contributed by atoms with Gasteiger partial charge in [0, 0.05) is 0 Å². The number of carbonyl (C=O) groups is 1. The Balaban J connectivity index is -0.0000000408. The molecule has 0 aromatic carbocycles. The van der Waals surface area contributed by atoms with Crippen molar-refractivity contribution in [1.82, 2.24) is 0 Å². The first-order valence-corrected chi connectivity index (χ1v) is 3.98. The summed E-state index contributed by atoms with van der Waals surface area (Å²) in [6.07, 6.45) is -0.403. The average molecular weight is 353 g/mol. The molecule has 22 heavy (non-hydrogen) atoms. The van der Waals surface area contributed by atoms with Crippen molar-refractivity contribution >= 4 is 27.7 Å². The van der Waals surface area contributed by atoms with Gasteiger partial charge in [-0.05, 0) is 0 Å². The monoisotopic (exact) mass is 354 g/mol. The number of aliphatic carboxylic acids is 1. The predicted octanol–water partition coefficient (Wildman–Crippen LogP) is 1.00. The Labute approximate surface area is 128 Å². The first kappa shape index (κ1) is 32.7. The van der Waals surface area contributed by atoms with E-state index in [-0.39, 0.29) is 20.3 Å². The van der Waals surface area contributed by atoms with Crippen molar-refractivity contribution in [3.63, 3.8) is 0 Å². The maximum atomic E-state index is 9.75. The Morgan fingerprint density at radius 2 is 0.955 bits per heavy atom. The van der Waals surface area contributed by atoms with E-state index in [1.54, 1.807) is 0 Å². The van der Waals surface area contributed by atoms with Crippen molar-refractivity contribution in [3.05, 3.63) is 0 Å². The zero-order valence-corrected chi connectivity index (χ0v) is 10.3. The van der Waals surface area contributed by atoms with Crippen LogP contribution < -0.4 is 18.9 Å². The number of nitrogens with zero attached hydrogens (tertiary/aromatic N) is 1. The van der Waals surface area contributed by atoms with Gasteiger partial charge in [0.1, 0.15) is 6.42 Å². The van der Waals surface area contributed by atoms with Crippen LogP contribution in [-0.4, -0.2) is 32.8 Å². The molecule has 0 heterocycles. The minimum Gasteiger partial charge on any atom is -1.00 e. The van der Waals surface area contributed by atoms with Gasteiger partial charge in [0.15, 0.2) is 0 Å². The maximum absolute atomic E-state index is 9.75. The molecule has 0 saturated carbocycles. The summed E-state index contributed by atoms with van der Waals surface area (Å²) < 4.78 is 117. The Morgan fingerprint density at radius 1 is 0.818 bits per heavy atom. The molecule has 0 fully saturated rings. The van der Waals surface area contributed by atoms with E-state index in [9.17, 15) is 56.6 Å². The SMILES string of the molecule is F[B-](F)(F)F.F[B-](F)(F)F.F[B-](F)(F)F.N#CCC(=O)O.[H-].[Li+]. The van der Waals surface area contributed by atoms with E-state index in [4.69, 9.17) is 10.4 Å². The Kier molecular flexibility index (Phi) is 22.1. The van der Waals surface area contributed by atoms with Crippen molar-refractivity contribution < 1.29 is 82.0 Å². The predicted molar refractivity (Wildman–Crippen MR) is 49.5 cm³/mol. The van der Waals surface area contributed by atoms with E-state index in [0.717, 1.165) is 0 Å². The van der Waals surface area contributed by atoms with Crippen molar-refractivity contribution in [2.24, 2.45) is 0 Å². The summed E-state index contributed by atoms with van der Waals surface area (Å²) in [6.45, 7) is 0. The van der Waals surface area contributed by atoms with Crippen LogP contribution in [0.3, 0.4) is 0 Å². The van der Waals surface area contributed by atoms with Crippen LogP contribution in [0.1, 0.15) is 7.85 Å². The fourth-order valence-electron chi connectivity index (χ4n) is 0.0676. The van der Waals surface area contributed by atoms with E-state index in [0.29, 0.717) is 0 Å². The Morgan fingerprint density at radius 3 is 0.955 bits per heavy atom. The normalized spacial score (nSPS) is 9.95. The molecule has 0 aliphatic heterocycles. The molecule has 0 rings (SSSR count). The molecule has 0 saturated heterocycles. The number of carboxylic acid groups (broad SMARTS) is 1. The van der Waals surface area contributed by atoms with Gasteiger partial charge in [0.05, 0.1) is 6.07 Å². The van der Waals surface area contributed by atoms with Crippen LogP contribution in [0.15, 0.2) is 0 Å². The molecule has 130 valence electrons. The Bertz CT molecular complexity index is 268. The van der Waals surface area contributed by atoms with E-state index in [1.165, 1.54) is 6.07 Å². The van der Waals surface area contributed by atoms with Crippen LogP contribution in [0, 0.1) is 11.3 Å². The maximum Gasteiger partial charge on any atom is 1.00 e. The molecule has 0 aromatic heterocycles. The third kappa shape index (κ3) is 1660. The van der Waals surface area contributed by atoms with Crippen molar-refractivity contribution in [3.8, 4) is 6.07 Å². The minimum atomic E-state index is -6.00. The van der Waals surface area contributed by atoms with Gasteiger partial charge in [-0.3, -0.25) is 4.79 Å². The van der Waals surface area contributed by atoms with Gasteiger partial charge >= 0.3 is 46.6 Å². The van der Waals surface area contributed by atoms with Crippen molar-refractivity contribution in [2.45, 2.75) is 6.42 Å². The van der Waals surface area contributed by atoms with Gasteiger partial charge < -0.3 is 58.3 Å². The third-order valence-electron chi connectivity index (χ3n) is 0.230. The molecule has 0 aromatic rings. The van der Waals surface area contributed by atoms with Crippen LogP contribution in [0.25, 0.3) is 0 Å². The number of nitriles is 1. The molecule has 0 atom stereocenters. The van der Waals surface area contributed by atoms with Crippen LogP contribution in [-0.2, 0) is 4.79 Å². The Hall–Kier alpha value is -1.09. The number of hydrogen-bond acceptors (Lipinski definition) is 2. The van der Waals surface area contributed by atoms with Gasteiger partial charge in [0.25, 0.3) is 0 Å². The van der Waals surface area contributed by atoms with Gasteiger partial charge in [0.2, 0.25) is 0 Å². The second-order valence-electron chi connectivity index (χ2n) is 2.21. The fraction of sp³-hybridized carbons (Fsp3) is 0.333. The molecule has 3 nitrogen and oxygen atoms in total. The summed E-state index contributed by atoms with van der Waals surface area (Å²) in [5, 5.41) is 15.3. The first-order valence-electron chi connectivity index (χ1n) is 3.98. The molecule has 0 bridgehead atoms. The second kappa shape index (κ2) is 14.8. The number of halogens is 12.